The Morgan fingerprint density at radius 2 is 1.97 bits per heavy atom. The number of ether oxygens (including phenoxy) is 1. The first-order chi connectivity index (χ1) is 16.4. The van der Waals surface area contributed by atoms with E-state index in [0.29, 0.717) is 30.0 Å². The summed E-state index contributed by atoms with van der Waals surface area (Å²) >= 11 is 0. The van der Waals surface area contributed by atoms with Crippen molar-refractivity contribution in [3.8, 4) is 0 Å². The number of hydrogen-bond acceptors (Lipinski definition) is 7. The van der Waals surface area contributed by atoms with E-state index in [1.165, 1.54) is 9.47 Å². The fourth-order valence-electron chi connectivity index (χ4n) is 3.85. The highest BCUT2D eigenvalue weighted by molar-refractivity contribution is 6.01. The van der Waals surface area contributed by atoms with Gasteiger partial charge in [0.05, 0.1) is 11.1 Å². The summed E-state index contributed by atoms with van der Waals surface area (Å²) in [5, 5.41) is 5.30. The van der Waals surface area contributed by atoms with Crippen molar-refractivity contribution in [1.29, 1.82) is 0 Å². The highest BCUT2D eigenvalue weighted by atomic mass is 16.6. The molecule has 1 saturated heterocycles. The zero-order chi connectivity index (χ0) is 25.9. The number of carbonyl (C=O) groups excluding carboxylic acids is 4. The molecule has 1 aliphatic rings. The third-order valence-electron chi connectivity index (χ3n) is 5.51. The molecular formula is C24H31N5O6. The van der Waals surface area contributed by atoms with Crippen LogP contribution >= 0.6 is 0 Å². The summed E-state index contributed by atoms with van der Waals surface area (Å²) in [7, 11) is 1.61. The minimum atomic E-state index is -0.822. The van der Waals surface area contributed by atoms with Gasteiger partial charge in [-0.3, -0.25) is 29.1 Å². The van der Waals surface area contributed by atoms with Gasteiger partial charge in [0, 0.05) is 26.4 Å². The number of hydrogen-bond donors (Lipinski definition) is 2. The van der Waals surface area contributed by atoms with E-state index in [1.54, 1.807) is 52.9 Å². The molecule has 1 atom stereocenters. The molecule has 0 aliphatic carbocycles. The first-order valence-corrected chi connectivity index (χ1v) is 11.5. The van der Waals surface area contributed by atoms with Crippen LogP contribution in [0.15, 0.2) is 23.0 Å². The Kier molecular flexibility index (Phi) is 7.57. The molecule has 1 unspecified atom stereocenters. The Morgan fingerprint density at radius 1 is 1.26 bits per heavy atom. The fourth-order valence-corrected chi connectivity index (χ4v) is 3.85. The lowest BCUT2D eigenvalue weighted by Gasteiger charge is -2.24. The Hall–Kier alpha value is -3.76. The number of fused-ring (bicyclic) bond motifs is 1. The SMILES string of the molecule is Cc1nc2c(NC(=O)CCCN(C)C(=O)OC(C)(C)C)cccc2c(=O)n1C1CCC(=O)NC1=O. The Morgan fingerprint density at radius 3 is 2.63 bits per heavy atom. The molecule has 1 aromatic heterocycles. The highest BCUT2D eigenvalue weighted by Crippen LogP contribution is 2.23. The Bertz CT molecular complexity index is 1230. The van der Waals surface area contributed by atoms with Gasteiger partial charge in [-0.25, -0.2) is 9.78 Å². The Balaban J connectivity index is 1.72. The van der Waals surface area contributed by atoms with Crippen molar-refractivity contribution >= 4 is 40.4 Å². The van der Waals surface area contributed by atoms with E-state index in [1.807, 2.05) is 0 Å². The Labute approximate surface area is 202 Å². The lowest BCUT2D eigenvalue weighted by molar-refractivity contribution is -0.135. The van der Waals surface area contributed by atoms with Gasteiger partial charge in [-0.2, -0.15) is 0 Å². The number of nitrogens with one attached hydrogen (secondary N) is 2. The topological polar surface area (TPSA) is 140 Å². The average Bonchev–Trinajstić information content (AvgIpc) is 2.74. The van der Waals surface area contributed by atoms with E-state index in [4.69, 9.17) is 4.74 Å². The van der Waals surface area contributed by atoms with Crippen LogP contribution in [-0.2, 0) is 19.1 Å². The van der Waals surface area contributed by atoms with Gasteiger partial charge in [0.25, 0.3) is 5.56 Å². The zero-order valence-electron chi connectivity index (χ0n) is 20.6. The number of carbonyl (C=O) groups is 4. The maximum Gasteiger partial charge on any atom is 0.410 e. The van der Waals surface area contributed by atoms with Crippen LogP contribution in [0.25, 0.3) is 10.9 Å². The van der Waals surface area contributed by atoms with Gasteiger partial charge < -0.3 is 15.0 Å². The molecule has 11 heteroatoms. The van der Waals surface area contributed by atoms with Gasteiger partial charge in [0.2, 0.25) is 17.7 Å². The molecule has 11 nitrogen and oxygen atoms in total. The van der Waals surface area contributed by atoms with Crippen molar-refractivity contribution in [2.45, 2.75) is 65.0 Å². The first-order valence-electron chi connectivity index (χ1n) is 11.5. The minimum absolute atomic E-state index is 0.138. The van der Waals surface area contributed by atoms with E-state index >= 15 is 0 Å². The summed E-state index contributed by atoms with van der Waals surface area (Å²) in [5.41, 5.74) is -0.322. The van der Waals surface area contributed by atoms with Gasteiger partial charge in [-0.05, 0) is 52.7 Å². The lowest BCUT2D eigenvalue weighted by atomic mass is 10.1. The predicted octanol–water partition coefficient (Wildman–Crippen LogP) is 2.27. The van der Waals surface area contributed by atoms with E-state index < -0.39 is 29.2 Å². The summed E-state index contributed by atoms with van der Waals surface area (Å²) < 4.78 is 6.59. The maximum absolute atomic E-state index is 13.2. The molecule has 0 radical (unpaired) electrons. The van der Waals surface area contributed by atoms with Crippen LogP contribution in [-0.4, -0.2) is 57.5 Å². The van der Waals surface area contributed by atoms with Crippen molar-refractivity contribution in [2.75, 3.05) is 18.9 Å². The molecule has 1 fully saturated rings. The molecule has 188 valence electrons. The van der Waals surface area contributed by atoms with Crippen LogP contribution in [0.5, 0.6) is 0 Å². The van der Waals surface area contributed by atoms with E-state index in [-0.39, 0.29) is 36.5 Å². The summed E-state index contributed by atoms with van der Waals surface area (Å²) in [5.74, 6) is -0.886. The number of nitrogens with zero attached hydrogens (tertiary/aromatic N) is 3. The summed E-state index contributed by atoms with van der Waals surface area (Å²) in [6.45, 7) is 7.30. The standard InChI is InChI=1S/C24H31N5O6/c1-14-25-20-15(22(33)29(14)17-11-12-19(31)27-21(17)32)8-6-9-16(20)26-18(30)10-7-13-28(5)23(34)35-24(2,3)4/h6,8-9,17H,7,10-13H2,1-5H3,(H,26,30)(H,27,31,32). The maximum atomic E-state index is 13.2. The third kappa shape index (κ3) is 6.23. The lowest BCUT2D eigenvalue weighted by Crippen LogP contribution is -2.45. The van der Waals surface area contributed by atoms with Crippen LogP contribution in [0.2, 0.25) is 0 Å². The van der Waals surface area contributed by atoms with Crippen molar-refractivity contribution < 1.29 is 23.9 Å². The molecule has 0 spiro atoms. The molecule has 35 heavy (non-hydrogen) atoms. The number of aromatic nitrogens is 2. The van der Waals surface area contributed by atoms with Gasteiger partial charge in [-0.1, -0.05) is 6.07 Å². The molecular weight excluding hydrogens is 454 g/mol. The molecule has 2 heterocycles. The molecule has 0 saturated carbocycles. The first kappa shape index (κ1) is 25.9. The van der Waals surface area contributed by atoms with Gasteiger partial charge in [-0.15, -0.1) is 0 Å². The smallest absolute Gasteiger partial charge is 0.410 e. The molecule has 2 aromatic rings. The van der Waals surface area contributed by atoms with Crippen LogP contribution in [0, 0.1) is 6.92 Å². The number of anilines is 1. The second-order valence-corrected chi connectivity index (χ2v) is 9.56. The number of piperidine rings is 1. The fraction of sp³-hybridized carbons (Fsp3) is 0.500. The molecule has 0 bridgehead atoms. The normalized spacial score (nSPS) is 16.1. The summed E-state index contributed by atoms with van der Waals surface area (Å²) in [6, 6.07) is 4.03. The molecule has 2 N–H and O–H groups in total. The molecule has 4 amide bonds. The third-order valence-corrected chi connectivity index (χ3v) is 5.51. The van der Waals surface area contributed by atoms with E-state index in [9.17, 15) is 24.0 Å². The van der Waals surface area contributed by atoms with Crippen molar-refractivity contribution in [3.05, 3.63) is 34.4 Å². The molecule has 1 aliphatic heterocycles. The van der Waals surface area contributed by atoms with Gasteiger partial charge in [0.15, 0.2) is 0 Å². The minimum Gasteiger partial charge on any atom is -0.444 e. The van der Waals surface area contributed by atoms with Gasteiger partial charge >= 0.3 is 6.09 Å². The summed E-state index contributed by atoms with van der Waals surface area (Å²) in [6.07, 6.45) is 0.461. The van der Waals surface area contributed by atoms with Crippen LogP contribution in [0.3, 0.4) is 0 Å². The second-order valence-electron chi connectivity index (χ2n) is 9.56. The average molecular weight is 486 g/mol. The quantitative estimate of drug-likeness (QED) is 0.598. The number of para-hydroxylation sites is 1. The summed E-state index contributed by atoms with van der Waals surface area (Å²) in [4.78, 5) is 67.5. The van der Waals surface area contributed by atoms with Crippen LogP contribution in [0.4, 0.5) is 10.5 Å². The number of aryl methyl sites for hydroxylation is 1. The molecule has 3 rings (SSSR count). The number of imide groups is 1. The number of amides is 4. The van der Waals surface area contributed by atoms with Crippen molar-refractivity contribution in [2.24, 2.45) is 0 Å². The number of benzene rings is 1. The monoisotopic (exact) mass is 485 g/mol. The largest absolute Gasteiger partial charge is 0.444 e. The van der Waals surface area contributed by atoms with E-state index in [2.05, 4.69) is 15.6 Å². The van der Waals surface area contributed by atoms with Gasteiger partial charge in [0.1, 0.15) is 23.0 Å². The molecule has 1 aromatic carbocycles. The van der Waals surface area contributed by atoms with Crippen LogP contribution in [0.1, 0.15) is 58.3 Å². The number of rotatable bonds is 6. The van der Waals surface area contributed by atoms with Crippen molar-refractivity contribution in [1.82, 2.24) is 19.8 Å². The predicted molar refractivity (Wildman–Crippen MR) is 129 cm³/mol. The highest BCUT2D eigenvalue weighted by Gasteiger charge is 2.30. The van der Waals surface area contributed by atoms with E-state index in [0.717, 1.165) is 0 Å². The van der Waals surface area contributed by atoms with Crippen LogP contribution < -0.4 is 16.2 Å². The second kappa shape index (κ2) is 10.2. The van der Waals surface area contributed by atoms with Crippen molar-refractivity contribution in [3.63, 3.8) is 0 Å². The zero-order valence-corrected chi connectivity index (χ0v) is 20.6.